The maximum atomic E-state index is 11.1. The van der Waals surface area contributed by atoms with Gasteiger partial charge in [-0.1, -0.05) is 0 Å². The van der Waals surface area contributed by atoms with Crippen LogP contribution in [-0.2, 0) is 4.74 Å². The summed E-state index contributed by atoms with van der Waals surface area (Å²) in [6.07, 6.45) is 4.36. The third-order valence-electron chi connectivity index (χ3n) is 1.98. The summed E-state index contributed by atoms with van der Waals surface area (Å²) >= 11 is 0. The molecule has 1 aromatic heterocycles. The highest BCUT2D eigenvalue weighted by atomic mass is 16.5. The van der Waals surface area contributed by atoms with E-state index in [-0.39, 0.29) is 11.7 Å². The fourth-order valence-corrected chi connectivity index (χ4v) is 1.36. The van der Waals surface area contributed by atoms with Gasteiger partial charge >= 0.3 is 5.69 Å². The molecule has 0 amide bonds. The lowest BCUT2D eigenvalue weighted by Gasteiger charge is -2.05. The van der Waals surface area contributed by atoms with Gasteiger partial charge in [-0.3, -0.25) is 4.57 Å². The van der Waals surface area contributed by atoms with E-state index in [1.807, 2.05) is 0 Å². The van der Waals surface area contributed by atoms with Gasteiger partial charge in [0.25, 0.3) is 0 Å². The minimum Gasteiger partial charge on any atom is -0.379 e. The van der Waals surface area contributed by atoms with Crippen LogP contribution in [0.1, 0.15) is 12.5 Å². The molecule has 4 heteroatoms. The van der Waals surface area contributed by atoms with Gasteiger partial charge in [-0.05, 0) is 6.42 Å². The second kappa shape index (κ2) is 2.54. The average Bonchev–Trinajstić information content (AvgIpc) is 2.55. The Morgan fingerprint density at radius 3 is 3.18 bits per heavy atom. The lowest BCUT2D eigenvalue weighted by Crippen LogP contribution is -2.21. The average molecular weight is 154 g/mol. The Balaban J connectivity index is 2.28. The first-order valence-corrected chi connectivity index (χ1v) is 3.71. The van der Waals surface area contributed by atoms with Crippen molar-refractivity contribution in [2.24, 2.45) is 0 Å². The number of nitrogens with one attached hydrogen (secondary N) is 1. The Labute approximate surface area is 63.8 Å². The predicted molar refractivity (Wildman–Crippen MR) is 39.5 cm³/mol. The van der Waals surface area contributed by atoms with Crippen LogP contribution < -0.4 is 5.69 Å². The van der Waals surface area contributed by atoms with Gasteiger partial charge in [0.15, 0.2) is 0 Å². The molecule has 0 saturated carbocycles. The molecule has 1 atom stereocenters. The van der Waals surface area contributed by atoms with Crippen LogP contribution >= 0.6 is 0 Å². The molecule has 0 aliphatic carbocycles. The van der Waals surface area contributed by atoms with Crippen LogP contribution in [0.3, 0.4) is 0 Å². The highest BCUT2D eigenvalue weighted by molar-refractivity contribution is 4.83. The molecule has 0 aromatic carbocycles. The number of nitrogens with zero attached hydrogens (tertiary/aromatic N) is 1. The highest BCUT2D eigenvalue weighted by Crippen LogP contribution is 2.15. The van der Waals surface area contributed by atoms with Crippen molar-refractivity contribution in [3.05, 3.63) is 22.9 Å². The zero-order chi connectivity index (χ0) is 7.68. The molecule has 0 bridgehead atoms. The van der Waals surface area contributed by atoms with E-state index in [0.29, 0.717) is 6.61 Å². The molecular weight excluding hydrogens is 144 g/mol. The van der Waals surface area contributed by atoms with E-state index in [1.54, 1.807) is 17.0 Å². The molecule has 1 unspecified atom stereocenters. The van der Waals surface area contributed by atoms with E-state index in [9.17, 15) is 4.79 Å². The van der Waals surface area contributed by atoms with Gasteiger partial charge in [-0.15, -0.1) is 0 Å². The fourth-order valence-electron chi connectivity index (χ4n) is 1.36. The summed E-state index contributed by atoms with van der Waals surface area (Å²) in [6, 6.07) is 0.244. The molecule has 1 aliphatic rings. The van der Waals surface area contributed by atoms with Crippen molar-refractivity contribution in [2.45, 2.75) is 12.5 Å². The van der Waals surface area contributed by atoms with Gasteiger partial charge in [0.05, 0.1) is 12.6 Å². The van der Waals surface area contributed by atoms with Crippen molar-refractivity contribution in [3.8, 4) is 0 Å². The van der Waals surface area contributed by atoms with Gasteiger partial charge in [0, 0.05) is 19.0 Å². The summed E-state index contributed by atoms with van der Waals surface area (Å²) in [5.74, 6) is 0. The smallest absolute Gasteiger partial charge is 0.325 e. The van der Waals surface area contributed by atoms with Gasteiger partial charge in [-0.25, -0.2) is 4.79 Å². The minimum atomic E-state index is -0.0412. The van der Waals surface area contributed by atoms with Crippen molar-refractivity contribution >= 4 is 0 Å². The van der Waals surface area contributed by atoms with Gasteiger partial charge in [-0.2, -0.15) is 0 Å². The monoisotopic (exact) mass is 154 g/mol. The standard InChI is InChI=1S/C7H10N2O2/c10-7-8-2-3-9(7)6-1-4-11-5-6/h2-3,6H,1,4-5H2,(H,8,10). The molecule has 1 aromatic rings. The van der Waals surface area contributed by atoms with Crippen LogP contribution in [0.15, 0.2) is 17.2 Å². The Morgan fingerprint density at radius 1 is 1.73 bits per heavy atom. The van der Waals surface area contributed by atoms with E-state index in [0.717, 1.165) is 13.0 Å². The third-order valence-corrected chi connectivity index (χ3v) is 1.98. The van der Waals surface area contributed by atoms with Crippen LogP contribution in [0.5, 0.6) is 0 Å². The summed E-state index contributed by atoms with van der Waals surface area (Å²) in [4.78, 5) is 13.7. The van der Waals surface area contributed by atoms with E-state index >= 15 is 0 Å². The van der Waals surface area contributed by atoms with Crippen molar-refractivity contribution in [1.82, 2.24) is 9.55 Å². The van der Waals surface area contributed by atoms with Gasteiger partial charge in [0.1, 0.15) is 0 Å². The zero-order valence-corrected chi connectivity index (χ0v) is 6.12. The number of hydrogen-bond acceptors (Lipinski definition) is 2. The molecule has 0 radical (unpaired) electrons. The molecule has 0 spiro atoms. The first kappa shape index (κ1) is 6.67. The Morgan fingerprint density at radius 2 is 2.64 bits per heavy atom. The predicted octanol–water partition coefficient (Wildman–Crippen LogP) is 0.138. The summed E-state index contributed by atoms with van der Waals surface area (Å²) in [7, 11) is 0. The van der Waals surface area contributed by atoms with Gasteiger partial charge in [0.2, 0.25) is 0 Å². The largest absolute Gasteiger partial charge is 0.379 e. The number of aromatic amines is 1. The Hall–Kier alpha value is -1.03. The van der Waals surface area contributed by atoms with Crippen LogP contribution in [-0.4, -0.2) is 22.8 Å². The quantitative estimate of drug-likeness (QED) is 0.625. The maximum Gasteiger partial charge on any atom is 0.325 e. The van der Waals surface area contributed by atoms with E-state index in [4.69, 9.17) is 4.74 Å². The molecule has 2 rings (SSSR count). The summed E-state index contributed by atoms with van der Waals surface area (Å²) in [5, 5.41) is 0. The molecule has 1 aliphatic heterocycles. The Kier molecular flexibility index (Phi) is 1.54. The number of aromatic nitrogens is 2. The molecule has 2 heterocycles. The Bertz CT molecular complexity index is 283. The lowest BCUT2D eigenvalue weighted by molar-refractivity contribution is 0.186. The number of imidazole rings is 1. The normalized spacial score (nSPS) is 24.2. The van der Waals surface area contributed by atoms with Crippen molar-refractivity contribution in [3.63, 3.8) is 0 Å². The van der Waals surface area contributed by atoms with Crippen LogP contribution in [0.4, 0.5) is 0 Å². The maximum absolute atomic E-state index is 11.1. The van der Waals surface area contributed by atoms with Crippen LogP contribution in [0.2, 0.25) is 0 Å². The number of rotatable bonds is 1. The zero-order valence-electron chi connectivity index (χ0n) is 6.12. The van der Waals surface area contributed by atoms with E-state index in [2.05, 4.69) is 4.98 Å². The summed E-state index contributed by atoms with van der Waals surface area (Å²) < 4.78 is 6.85. The van der Waals surface area contributed by atoms with Gasteiger partial charge < -0.3 is 9.72 Å². The SMILES string of the molecule is O=c1[nH]ccn1C1CCOC1. The summed E-state index contributed by atoms with van der Waals surface area (Å²) in [5.41, 5.74) is -0.0412. The topological polar surface area (TPSA) is 47.0 Å². The van der Waals surface area contributed by atoms with E-state index in [1.165, 1.54) is 0 Å². The molecule has 11 heavy (non-hydrogen) atoms. The number of ether oxygens (including phenoxy) is 1. The molecule has 4 nitrogen and oxygen atoms in total. The van der Waals surface area contributed by atoms with E-state index < -0.39 is 0 Å². The highest BCUT2D eigenvalue weighted by Gasteiger charge is 2.17. The van der Waals surface area contributed by atoms with Crippen LogP contribution in [0.25, 0.3) is 0 Å². The second-order valence-corrected chi connectivity index (χ2v) is 2.69. The van der Waals surface area contributed by atoms with Crippen LogP contribution in [0, 0.1) is 0 Å². The molecular formula is C7H10N2O2. The molecule has 1 fully saturated rings. The molecule has 1 N–H and O–H groups in total. The van der Waals surface area contributed by atoms with Crippen molar-refractivity contribution in [1.29, 1.82) is 0 Å². The number of hydrogen-bond donors (Lipinski definition) is 1. The second-order valence-electron chi connectivity index (χ2n) is 2.69. The molecule has 1 saturated heterocycles. The third kappa shape index (κ3) is 1.09. The minimum absolute atomic E-state index is 0.0412. The van der Waals surface area contributed by atoms with Crippen molar-refractivity contribution < 1.29 is 4.74 Å². The fraction of sp³-hybridized carbons (Fsp3) is 0.571. The van der Waals surface area contributed by atoms with Crippen molar-refractivity contribution in [2.75, 3.05) is 13.2 Å². The number of H-pyrrole nitrogens is 1. The first-order chi connectivity index (χ1) is 5.38. The summed E-state index contributed by atoms with van der Waals surface area (Å²) in [6.45, 7) is 1.43. The first-order valence-electron chi connectivity index (χ1n) is 3.71. The lowest BCUT2D eigenvalue weighted by atomic mass is 10.3. The molecule has 60 valence electrons.